The van der Waals surface area contributed by atoms with Crippen molar-refractivity contribution < 1.29 is 9.59 Å². The molecule has 0 radical (unpaired) electrons. The largest absolute Gasteiger partial charge is 0.356 e. The van der Waals surface area contributed by atoms with E-state index in [1.807, 2.05) is 0 Å². The average Bonchev–Trinajstić information content (AvgIpc) is 3.21. The lowest BCUT2D eigenvalue weighted by molar-refractivity contribution is -0.126. The molecule has 3 heterocycles. The van der Waals surface area contributed by atoms with Crippen molar-refractivity contribution in [2.75, 3.05) is 6.54 Å². The summed E-state index contributed by atoms with van der Waals surface area (Å²) in [4.78, 5) is 44.5. The van der Waals surface area contributed by atoms with Gasteiger partial charge in [-0.25, -0.2) is 4.98 Å². The lowest BCUT2D eigenvalue weighted by Crippen LogP contribution is -2.43. The highest BCUT2D eigenvalue weighted by atomic mass is 16.2. The van der Waals surface area contributed by atoms with Gasteiger partial charge in [-0.15, -0.1) is 0 Å². The van der Waals surface area contributed by atoms with Crippen molar-refractivity contribution in [1.82, 2.24) is 25.2 Å². The van der Waals surface area contributed by atoms with Gasteiger partial charge in [-0.05, 0) is 31.2 Å². The molecular weight excluding hydrogens is 360 g/mol. The summed E-state index contributed by atoms with van der Waals surface area (Å²) in [5.41, 5.74) is 0.577. The van der Waals surface area contributed by atoms with Crippen molar-refractivity contribution in [2.24, 2.45) is 11.8 Å². The molecule has 1 saturated carbocycles. The number of fused-ring (bicyclic) bond motifs is 1. The Morgan fingerprint density at radius 2 is 2.18 bits per heavy atom. The Kier molecular flexibility index (Phi) is 4.86. The summed E-state index contributed by atoms with van der Waals surface area (Å²) in [5, 5.41) is 14.9. The Bertz CT molecular complexity index is 999. The first-order chi connectivity index (χ1) is 13.6. The first-order valence-corrected chi connectivity index (χ1v) is 9.58. The number of carbonyl (C=O) groups is 2. The summed E-state index contributed by atoms with van der Waals surface area (Å²) < 4.78 is 1.41. The van der Waals surface area contributed by atoms with Crippen LogP contribution in [0.4, 0.5) is 0 Å². The molecule has 2 amide bonds. The predicted octanol–water partition coefficient (Wildman–Crippen LogP) is 0.600. The molecule has 2 aromatic rings. The minimum atomic E-state index is -0.770. The van der Waals surface area contributed by atoms with Gasteiger partial charge < -0.3 is 20.2 Å². The van der Waals surface area contributed by atoms with Crippen LogP contribution in [0.5, 0.6) is 0 Å². The molecular formula is C19H22N6O3. The molecule has 146 valence electrons. The molecule has 2 aromatic heterocycles. The maximum absolute atomic E-state index is 13.0. The van der Waals surface area contributed by atoms with Crippen LogP contribution in [0.1, 0.15) is 38.1 Å². The van der Waals surface area contributed by atoms with Gasteiger partial charge in [0.15, 0.2) is 5.52 Å². The number of amides is 2. The van der Waals surface area contributed by atoms with E-state index in [9.17, 15) is 19.6 Å². The third-order valence-electron chi connectivity index (χ3n) is 5.56. The molecule has 1 unspecified atom stereocenters. The van der Waals surface area contributed by atoms with E-state index in [1.165, 1.54) is 10.9 Å². The summed E-state index contributed by atoms with van der Waals surface area (Å²) in [6, 6.07) is 2.33. The summed E-state index contributed by atoms with van der Waals surface area (Å²) in [6.45, 7) is 0.596. The number of hydrogen-bond donors (Lipinski definition) is 3. The molecule has 2 fully saturated rings. The number of pyridine rings is 1. The van der Waals surface area contributed by atoms with Gasteiger partial charge in [0.2, 0.25) is 11.8 Å². The molecule has 9 nitrogen and oxygen atoms in total. The minimum absolute atomic E-state index is 0.0794. The molecule has 2 aliphatic rings. The Morgan fingerprint density at radius 3 is 2.86 bits per heavy atom. The number of nitrogens with zero attached hydrogens (tertiary/aromatic N) is 3. The smallest absolute Gasteiger partial charge is 0.279 e. The number of hydrogen-bond acceptors (Lipinski definition) is 5. The second kappa shape index (κ2) is 7.46. The van der Waals surface area contributed by atoms with Crippen LogP contribution < -0.4 is 16.2 Å². The van der Waals surface area contributed by atoms with Gasteiger partial charge in [0.25, 0.3) is 5.56 Å². The highest BCUT2D eigenvalue weighted by Crippen LogP contribution is 2.36. The van der Waals surface area contributed by atoms with E-state index in [-0.39, 0.29) is 35.2 Å². The number of aromatic nitrogens is 3. The van der Waals surface area contributed by atoms with Crippen LogP contribution in [0.25, 0.3) is 11.0 Å². The molecule has 9 heteroatoms. The van der Waals surface area contributed by atoms with Crippen molar-refractivity contribution in [1.29, 1.82) is 5.26 Å². The van der Waals surface area contributed by atoms with E-state index in [0.29, 0.717) is 30.8 Å². The number of carbonyl (C=O) groups excluding carboxylic acids is 2. The van der Waals surface area contributed by atoms with E-state index in [0.717, 1.165) is 12.8 Å². The number of aromatic amines is 1. The fraction of sp³-hybridized carbons (Fsp3) is 0.526. The lowest BCUT2D eigenvalue weighted by atomic mass is 9.98. The molecule has 1 saturated heterocycles. The Hall–Kier alpha value is -3.15. The zero-order valence-corrected chi connectivity index (χ0v) is 15.4. The van der Waals surface area contributed by atoms with Gasteiger partial charge in [0.05, 0.1) is 17.9 Å². The maximum atomic E-state index is 13.0. The van der Waals surface area contributed by atoms with Gasteiger partial charge in [0.1, 0.15) is 12.1 Å². The first-order valence-electron chi connectivity index (χ1n) is 9.58. The summed E-state index contributed by atoms with van der Waals surface area (Å²) in [5.74, 6) is -0.313. The molecule has 0 bridgehead atoms. The Labute approximate surface area is 161 Å². The summed E-state index contributed by atoms with van der Waals surface area (Å²) in [7, 11) is 0. The second-order valence-corrected chi connectivity index (χ2v) is 7.59. The number of nitriles is 1. The second-order valence-electron chi connectivity index (χ2n) is 7.59. The van der Waals surface area contributed by atoms with Crippen molar-refractivity contribution >= 4 is 22.8 Å². The molecule has 3 atom stereocenters. The van der Waals surface area contributed by atoms with E-state index >= 15 is 0 Å². The molecule has 1 aliphatic carbocycles. The van der Waals surface area contributed by atoms with Gasteiger partial charge in [0, 0.05) is 18.7 Å². The molecule has 1 aliphatic heterocycles. The van der Waals surface area contributed by atoms with Gasteiger partial charge in [-0.3, -0.25) is 14.4 Å². The van der Waals surface area contributed by atoms with Crippen molar-refractivity contribution in [3.63, 3.8) is 0 Å². The van der Waals surface area contributed by atoms with E-state index in [2.05, 4.69) is 26.7 Å². The fourth-order valence-electron chi connectivity index (χ4n) is 3.77. The zero-order valence-electron chi connectivity index (χ0n) is 15.4. The Morgan fingerprint density at radius 1 is 1.36 bits per heavy atom. The molecule has 4 rings (SSSR count). The summed E-state index contributed by atoms with van der Waals surface area (Å²) >= 11 is 0. The van der Waals surface area contributed by atoms with Crippen LogP contribution in [0.3, 0.4) is 0 Å². The molecule has 0 spiro atoms. The molecule has 0 aromatic carbocycles. The number of H-pyrrole nitrogens is 1. The topological polar surface area (TPSA) is 133 Å². The number of imidazole rings is 1. The van der Waals surface area contributed by atoms with Crippen LogP contribution in [0, 0.1) is 23.2 Å². The van der Waals surface area contributed by atoms with Crippen LogP contribution in [-0.2, 0) is 9.59 Å². The van der Waals surface area contributed by atoms with Gasteiger partial charge >= 0.3 is 0 Å². The Balaban J connectivity index is 1.55. The normalized spacial score (nSPS) is 21.1. The van der Waals surface area contributed by atoms with Crippen LogP contribution in [0.15, 0.2) is 23.4 Å². The number of nitrogens with one attached hydrogen (secondary N) is 3. The molecule has 3 N–H and O–H groups in total. The van der Waals surface area contributed by atoms with Crippen molar-refractivity contribution in [2.45, 2.75) is 44.2 Å². The van der Waals surface area contributed by atoms with Gasteiger partial charge in [-0.1, -0.05) is 12.8 Å². The monoisotopic (exact) mass is 382 g/mol. The van der Waals surface area contributed by atoms with E-state index in [1.54, 1.807) is 12.3 Å². The van der Waals surface area contributed by atoms with Gasteiger partial charge in [-0.2, -0.15) is 5.26 Å². The van der Waals surface area contributed by atoms with E-state index < -0.39 is 12.1 Å². The minimum Gasteiger partial charge on any atom is -0.356 e. The SMILES string of the molecule is N#CC(C[C@@H]1CCNC1=O)NC(=O)[C@@H](CC1CC1)n1ccc2[nH]cnc2c1=O. The predicted molar refractivity (Wildman–Crippen MR) is 100 cm³/mol. The lowest BCUT2D eigenvalue weighted by Gasteiger charge is -2.22. The van der Waals surface area contributed by atoms with Crippen LogP contribution >= 0.6 is 0 Å². The van der Waals surface area contributed by atoms with Crippen molar-refractivity contribution in [3.8, 4) is 6.07 Å². The molecule has 28 heavy (non-hydrogen) atoms. The third-order valence-corrected chi connectivity index (χ3v) is 5.56. The fourth-order valence-corrected chi connectivity index (χ4v) is 3.77. The quantitative estimate of drug-likeness (QED) is 0.645. The summed E-state index contributed by atoms with van der Waals surface area (Å²) in [6.07, 6.45) is 6.60. The zero-order chi connectivity index (χ0) is 19.7. The van der Waals surface area contributed by atoms with Crippen LogP contribution in [0.2, 0.25) is 0 Å². The van der Waals surface area contributed by atoms with E-state index in [4.69, 9.17) is 0 Å². The maximum Gasteiger partial charge on any atom is 0.279 e. The highest BCUT2D eigenvalue weighted by molar-refractivity contribution is 5.83. The highest BCUT2D eigenvalue weighted by Gasteiger charge is 2.33. The number of rotatable bonds is 7. The van der Waals surface area contributed by atoms with Crippen molar-refractivity contribution in [3.05, 3.63) is 28.9 Å². The third kappa shape index (κ3) is 3.63. The standard InChI is InChI=1S/C19H22N6O3/c20-9-13(8-12-3-5-21-17(12)26)24-18(27)15(7-11-1-2-11)25-6-4-14-16(19(25)28)23-10-22-14/h4,6,10-13,15H,1-3,5,7-8H2,(H,21,26)(H,22,23)(H,24,27)/t12-,13?,15+/m0/s1. The average molecular weight is 382 g/mol. The van der Waals surface area contributed by atoms with Crippen LogP contribution in [-0.4, -0.2) is 38.9 Å². The first kappa shape index (κ1) is 18.2.